The van der Waals surface area contributed by atoms with Crippen molar-refractivity contribution in [2.24, 2.45) is 17.8 Å². The molecule has 0 aliphatic carbocycles. The Morgan fingerprint density at radius 1 is 1.32 bits per heavy atom. The van der Waals surface area contributed by atoms with E-state index in [9.17, 15) is 19.5 Å². The molecule has 6 atom stereocenters. The minimum Gasteiger partial charge on any atom is -0.461 e. The number of hydrogen-bond acceptors (Lipinski definition) is 6. The van der Waals surface area contributed by atoms with Crippen LogP contribution in [0.2, 0.25) is 5.02 Å². The monoisotopic (exact) mass is 544 g/mol. The maximum Gasteiger partial charge on any atom is 0.313 e. The number of fused-ring (bicyclic) bond motifs is 1. The molecule has 206 valence electrons. The predicted molar refractivity (Wildman–Crippen MR) is 145 cm³/mol. The Balaban J connectivity index is 1.84. The number of para-hydroxylation sites is 1. The highest BCUT2D eigenvalue weighted by Gasteiger charge is 2.80. The van der Waals surface area contributed by atoms with Gasteiger partial charge in [0.2, 0.25) is 5.91 Å². The van der Waals surface area contributed by atoms with Crippen LogP contribution in [0.4, 0.5) is 5.69 Å². The number of amides is 2. The molecule has 3 unspecified atom stereocenters. The number of aliphatic hydroxyl groups is 1. The molecule has 4 rings (SSSR count). The van der Waals surface area contributed by atoms with Crippen LogP contribution in [0.25, 0.3) is 0 Å². The number of anilines is 1. The number of carbonyl (C=O) groups is 3. The van der Waals surface area contributed by atoms with Crippen molar-refractivity contribution < 1.29 is 29.0 Å². The maximum atomic E-state index is 14.6. The molecule has 38 heavy (non-hydrogen) atoms. The zero-order valence-electron chi connectivity index (χ0n) is 22.3. The normalized spacial score (nSPS) is 31.3. The number of aliphatic hydroxyl groups excluding tert-OH is 1. The van der Waals surface area contributed by atoms with Gasteiger partial charge in [0, 0.05) is 19.7 Å². The first-order chi connectivity index (χ1) is 18.1. The quantitative estimate of drug-likeness (QED) is 0.259. The van der Waals surface area contributed by atoms with Crippen LogP contribution < -0.4 is 4.90 Å². The molecule has 3 saturated heterocycles. The number of halogens is 1. The van der Waals surface area contributed by atoms with Gasteiger partial charge in [0.1, 0.15) is 24.2 Å². The molecule has 1 aromatic rings. The Labute approximate surface area is 229 Å². The number of ether oxygens (including phenoxy) is 2. The molecule has 1 aromatic carbocycles. The standard InChI is InChI=1S/C29H37ClN2O6/c1-6-13-31(23-18(3)11-10-12-20(23)30)26(35)24-29-17-19(4)28(5,38-29)22(27(36)37-16-7-2)21(29)25(34)32(24)14-8-9-15-33/h6-7,10-12,19,21-22,24,33H,1-2,8-9,13-17H2,3-5H3/t19?,21-,22-,24?,28+,29?/m0/s1. The van der Waals surface area contributed by atoms with Crippen molar-refractivity contribution in [1.29, 1.82) is 0 Å². The van der Waals surface area contributed by atoms with Crippen molar-refractivity contribution in [1.82, 2.24) is 4.90 Å². The highest BCUT2D eigenvalue weighted by molar-refractivity contribution is 6.34. The van der Waals surface area contributed by atoms with E-state index in [4.69, 9.17) is 21.1 Å². The number of rotatable bonds is 11. The van der Waals surface area contributed by atoms with Crippen LogP contribution in [0.1, 0.15) is 38.7 Å². The summed E-state index contributed by atoms with van der Waals surface area (Å²) in [6.45, 7) is 13.6. The molecular formula is C29H37ClN2O6. The van der Waals surface area contributed by atoms with Crippen molar-refractivity contribution in [3.8, 4) is 0 Å². The van der Waals surface area contributed by atoms with Gasteiger partial charge in [0.05, 0.1) is 22.2 Å². The first-order valence-corrected chi connectivity index (χ1v) is 13.5. The van der Waals surface area contributed by atoms with Gasteiger partial charge in [-0.25, -0.2) is 0 Å². The van der Waals surface area contributed by atoms with Gasteiger partial charge in [-0.1, -0.05) is 49.4 Å². The molecule has 0 aromatic heterocycles. The smallest absolute Gasteiger partial charge is 0.313 e. The van der Waals surface area contributed by atoms with Crippen LogP contribution in [-0.4, -0.2) is 71.3 Å². The summed E-state index contributed by atoms with van der Waals surface area (Å²) in [6, 6.07) is 4.43. The van der Waals surface area contributed by atoms with Crippen LogP contribution in [0, 0.1) is 24.7 Å². The predicted octanol–water partition coefficient (Wildman–Crippen LogP) is 3.68. The minimum absolute atomic E-state index is 0.0230. The number of esters is 1. The van der Waals surface area contributed by atoms with Crippen molar-refractivity contribution >= 4 is 35.1 Å². The number of unbranched alkanes of at least 4 members (excludes halogenated alkanes) is 1. The molecule has 3 aliphatic heterocycles. The molecule has 0 radical (unpaired) electrons. The Bertz CT molecular complexity index is 1120. The van der Waals surface area contributed by atoms with Crippen molar-refractivity contribution in [3.63, 3.8) is 0 Å². The molecule has 0 saturated carbocycles. The second-order valence-electron chi connectivity index (χ2n) is 10.7. The lowest BCUT2D eigenvalue weighted by atomic mass is 9.62. The topological polar surface area (TPSA) is 96.4 Å². The third kappa shape index (κ3) is 4.27. The summed E-state index contributed by atoms with van der Waals surface area (Å²) in [5, 5.41) is 9.79. The molecule has 3 fully saturated rings. The number of nitrogens with zero attached hydrogens (tertiary/aromatic N) is 2. The first kappa shape index (κ1) is 28.3. The molecular weight excluding hydrogens is 508 g/mol. The lowest BCUT2D eigenvalue weighted by molar-refractivity contribution is -0.160. The highest BCUT2D eigenvalue weighted by Crippen LogP contribution is 2.65. The summed E-state index contributed by atoms with van der Waals surface area (Å²) >= 11 is 6.59. The molecule has 3 aliphatic rings. The molecule has 1 spiro atoms. The van der Waals surface area contributed by atoms with Gasteiger partial charge >= 0.3 is 5.97 Å². The van der Waals surface area contributed by atoms with E-state index in [0.717, 1.165) is 5.56 Å². The summed E-state index contributed by atoms with van der Waals surface area (Å²) in [5.41, 5.74) is -0.803. The number of likely N-dealkylation sites (tertiary alicyclic amines) is 1. The van der Waals surface area contributed by atoms with E-state index in [2.05, 4.69) is 13.2 Å². The Kier molecular flexibility index (Phi) is 8.07. The third-order valence-electron chi connectivity index (χ3n) is 8.49. The van der Waals surface area contributed by atoms with Crippen molar-refractivity contribution in [2.75, 3.05) is 31.2 Å². The number of aryl methyl sites for hydroxylation is 1. The van der Waals surface area contributed by atoms with Crippen LogP contribution in [0.5, 0.6) is 0 Å². The first-order valence-electron chi connectivity index (χ1n) is 13.2. The summed E-state index contributed by atoms with van der Waals surface area (Å²) in [6.07, 6.45) is 4.52. The van der Waals surface area contributed by atoms with Gasteiger partial charge < -0.3 is 24.4 Å². The largest absolute Gasteiger partial charge is 0.461 e. The van der Waals surface area contributed by atoms with E-state index in [1.165, 1.54) is 6.08 Å². The average molecular weight is 545 g/mol. The summed E-state index contributed by atoms with van der Waals surface area (Å²) in [5.74, 6) is -2.97. The lowest BCUT2D eigenvalue weighted by Crippen LogP contribution is -2.57. The maximum absolute atomic E-state index is 14.6. The molecule has 2 amide bonds. The van der Waals surface area contributed by atoms with Gasteiger partial charge in [0.15, 0.2) is 0 Å². The van der Waals surface area contributed by atoms with Gasteiger partial charge in [-0.05, 0) is 50.7 Å². The van der Waals surface area contributed by atoms with Gasteiger partial charge in [-0.3, -0.25) is 14.4 Å². The molecule has 1 N–H and O–H groups in total. The van der Waals surface area contributed by atoms with E-state index in [1.807, 2.05) is 32.9 Å². The SMILES string of the molecule is C=CCOC(=O)[C@@H]1[C@H]2C(=O)N(CCCCO)C(C(=O)N(CC=C)c3c(C)cccc3Cl)C23CC(C)[C@@]1(C)O3. The number of hydrogen-bond donors (Lipinski definition) is 1. The third-order valence-corrected chi connectivity index (χ3v) is 8.79. The van der Waals surface area contributed by atoms with E-state index in [0.29, 0.717) is 30.0 Å². The van der Waals surface area contributed by atoms with Gasteiger partial charge in [0.25, 0.3) is 5.91 Å². The second-order valence-corrected chi connectivity index (χ2v) is 11.1. The zero-order chi connectivity index (χ0) is 27.8. The van der Waals surface area contributed by atoms with Crippen molar-refractivity contribution in [3.05, 3.63) is 54.1 Å². The highest BCUT2D eigenvalue weighted by atomic mass is 35.5. The van der Waals surface area contributed by atoms with E-state index in [-0.39, 0.29) is 44.0 Å². The minimum atomic E-state index is -1.20. The Morgan fingerprint density at radius 3 is 2.68 bits per heavy atom. The molecule has 9 heteroatoms. The number of carbonyl (C=O) groups excluding carboxylic acids is 3. The van der Waals surface area contributed by atoms with Gasteiger partial charge in [-0.2, -0.15) is 0 Å². The molecule has 3 heterocycles. The molecule has 2 bridgehead atoms. The average Bonchev–Trinajstić information content (AvgIpc) is 3.38. The lowest BCUT2D eigenvalue weighted by Gasteiger charge is -2.37. The van der Waals surface area contributed by atoms with Crippen LogP contribution in [0.3, 0.4) is 0 Å². The fourth-order valence-electron chi connectivity index (χ4n) is 6.77. The fraction of sp³-hybridized carbons (Fsp3) is 0.552. The number of benzene rings is 1. The van der Waals surface area contributed by atoms with Crippen molar-refractivity contribution in [2.45, 2.75) is 57.3 Å². The zero-order valence-corrected chi connectivity index (χ0v) is 23.1. The second kappa shape index (κ2) is 10.8. The summed E-state index contributed by atoms with van der Waals surface area (Å²) in [4.78, 5) is 45.1. The Hall–Kier alpha value is -2.68. The van der Waals surface area contributed by atoms with E-state index in [1.54, 1.807) is 21.9 Å². The van der Waals surface area contributed by atoms with E-state index >= 15 is 0 Å². The van der Waals surface area contributed by atoms with Crippen LogP contribution >= 0.6 is 11.6 Å². The van der Waals surface area contributed by atoms with E-state index < -0.39 is 35.0 Å². The van der Waals surface area contributed by atoms with Crippen LogP contribution in [-0.2, 0) is 23.9 Å². The molecule has 8 nitrogen and oxygen atoms in total. The van der Waals surface area contributed by atoms with Crippen LogP contribution in [0.15, 0.2) is 43.5 Å². The summed E-state index contributed by atoms with van der Waals surface area (Å²) < 4.78 is 12.2. The van der Waals surface area contributed by atoms with Gasteiger partial charge in [-0.15, -0.1) is 6.58 Å². The Morgan fingerprint density at radius 2 is 2.05 bits per heavy atom. The fourth-order valence-corrected chi connectivity index (χ4v) is 7.10. The summed E-state index contributed by atoms with van der Waals surface area (Å²) in [7, 11) is 0.